The molecule has 0 spiro atoms. The maximum atomic E-state index is 5.72. The topological polar surface area (TPSA) is 21.3 Å². The summed E-state index contributed by atoms with van der Waals surface area (Å²) in [5.41, 5.74) is 0. The summed E-state index contributed by atoms with van der Waals surface area (Å²) in [6.07, 6.45) is 8.21. The van der Waals surface area contributed by atoms with Gasteiger partial charge in [-0.3, -0.25) is 0 Å². The van der Waals surface area contributed by atoms with Crippen molar-refractivity contribution in [3.05, 3.63) is 0 Å². The monoisotopic (exact) mass is 227 g/mol. The Morgan fingerprint density at radius 2 is 2.00 bits per heavy atom. The van der Waals surface area contributed by atoms with Crippen molar-refractivity contribution >= 4 is 0 Å². The van der Waals surface area contributed by atoms with Crippen LogP contribution in [0, 0.1) is 5.92 Å². The Morgan fingerprint density at radius 3 is 2.62 bits per heavy atom. The lowest BCUT2D eigenvalue weighted by Gasteiger charge is -2.23. The van der Waals surface area contributed by atoms with E-state index in [1.807, 2.05) is 0 Å². The van der Waals surface area contributed by atoms with Gasteiger partial charge in [-0.2, -0.15) is 0 Å². The van der Waals surface area contributed by atoms with Crippen molar-refractivity contribution in [3.8, 4) is 0 Å². The molecule has 2 unspecified atom stereocenters. The van der Waals surface area contributed by atoms with E-state index in [9.17, 15) is 0 Å². The third kappa shape index (κ3) is 6.49. The van der Waals surface area contributed by atoms with E-state index in [4.69, 9.17) is 4.74 Å². The number of ether oxygens (including phenoxy) is 1. The van der Waals surface area contributed by atoms with Gasteiger partial charge in [0.1, 0.15) is 0 Å². The van der Waals surface area contributed by atoms with E-state index in [0.29, 0.717) is 12.1 Å². The minimum Gasteiger partial charge on any atom is -0.378 e. The van der Waals surface area contributed by atoms with Crippen LogP contribution in [0.2, 0.25) is 0 Å². The lowest BCUT2D eigenvalue weighted by molar-refractivity contribution is 0.0112. The molecule has 2 nitrogen and oxygen atoms in total. The SMILES string of the molecule is CC(C)CCC(C)NCCC1CCCCO1. The molecule has 0 amide bonds. The average molecular weight is 227 g/mol. The van der Waals surface area contributed by atoms with Crippen molar-refractivity contribution in [1.82, 2.24) is 5.32 Å². The normalized spacial score (nSPS) is 23.6. The molecule has 1 rings (SSSR count). The van der Waals surface area contributed by atoms with Crippen molar-refractivity contribution in [2.45, 2.75) is 71.4 Å². The first-order valence-electron chi connectivity index (χ1n) is 7.03. The predicted molar refractivity (Wildman–Crippen MR) is 69.7 cm³/mol. The van der Waals surface area contributed by atoms with E-state index in [0.717, 1.165) is 19.1 Å². The number of nitrogens with one attached hydrogen (secondary N) is 1. The molecule has 0 bridgehead atoms. The first kappa shape index (κ1) is 14.0. The van der Waals surface area contributed by atoms with Crippen LogP contribution >= 0.6 is 0 Å². The van der Waals surface area contributed by atoms with Crippen LogP contribution in [-0.2, 0) is 4.74 Å². The Bertz CT molecular complexity index is 164. The number of hydrogen-bond donors (Lipinski definition) is 1. The van der Waals surface area contributed by atoms with Gasteiger partial charge >= 0.3 is 0 Å². The second kappa shape index (κ2) is 8.08. The van der Waals surface area contributed by atoms with E-state index in [1.54, 1.807) is 0 Å². The molecule has 1 aliphatic heterocycles. The van der Waals surface area contributed by atoms with Crippen LogP contribution in [-0.4, -0.2) is 25.3 Å². The third-order valence-corrected chi connectivity index (χ3v) is 3.41. The molecule has 0 aromatic rings. The van der Waals surface area contributed by atoms with Crippen LogP contribution in [0.25, 0.3) is 0 Å². The van der Waals surface area contributed by atoms with E-state index in [2.05, 4.69) is 26.1 Å². The molecule has 1 fully saturated rings. The molecular weight excluding hydrogens is 198 g/mol. The van der Waals surface area contributed by atoms with Gasteiger partial charge in [0, 0.05) is 12.6 Å². The summed E-state index contributed by atoms with van der Waals surface area (Å²) in [4.78, 5) is 0. The summed E-state index contributed by atoms with van der Waals surface area (Å²) < 4.78 is 5.72. The largest absolute Gasteiger partial charge is 0.378 e. The van der Waals surface area contributed by atoms with E-state index >= 15 is 0 Å². The zero-order chi connectivity index (χ0) is 11.8. The molecule has 1 aliphatic rings. The molecule has 96 valence electrons. The summed E-state index contributed by atoms with van der Waals surface area (Å²) in [6.45, 7) is 8.98. The molecular formula is C14H29NO. The minimum absolute atomic E-state index is 0.526. The Labute approximate surface area is 101 Å². The summed E-state index contributed by atoms with van der Waals surface area (Å²) in [5.74, 6) is 0.825. The Balaban J connectivity index is 1.96. The minimum atomic E-state index is 0.526. The number of hydrogen-bond acceptors (Lipinski definition) is 2. The van der Waals surface area contributed by atoms with Gasteiger partial charge in [0.05, 0.1) is 6.10 Å². The highest BCUT2D eigenvalue weighted by Crippen LogP contribution is 2.15. The summed E-state index contributed by atoms with van der Waals surface area (Å²) in [6, 6.07) is 0.658. The zero-order valence-corrected chi connectivity index (χ0v) is 11.3. The molecule has 0 aromatic heterocycles. The summed E-state index contributed by atoms with van der Waals surface area (Å²) in [5, 5.41) is 3.61. The van der Waals surface area contributed by atoms with Crippen molar-refractivity contribution in [3.63, 3.8) is 0 Å². The van der Waals surface area contributed by atoms with Gasteiger partial charge in [-0.05, 0) is 57.9 Å². The van der Waals surface area contributed by atoms with Crippen LogP contribution in [0.15, 0.2) is 0 Å². The van der Waals surface area contributed by atoms with Crippen LogP contribution < -0.4 is 5.32 Å². The predicted octanol–water partition coefficient (Wildman–Crippen LogP) is 3.36. The second-order valence-corrected chi connectivity index (χ2v) is 5.60. The maximum Gasteiger partial charge on any atom is 0.0587 e. The molecule has 0 aliphatic carbocycles. The quantitative estimate of drug-likeness (QED) is 0.720. The van der Waals surface area contributed by atoms with Crippen LogP contribution in [0.3, 0.4) is 0 Å². The zero-order valence-electron chi connectivity index (χ0n) is 11.3. The molecule has 2 heteroatoms. The van der Waals surface area contributed by atoms with Gasteiger partial charge in [0.15, 0.2) is 0 Å². The molecule has 0 radical (unpaired) electrons. The molecule has 1 N–H and O–H groups in total. The van der Waals surface area contributed by atoms with E-state index in [1.165, 1.54) is 38.5 Å². The van der Waals surface area contributed by atoms with Crippen molar-refractivity contribution in [1.29, 1.82) is 0 Å². The highest BCUT2D eigenvalue weighted by atomic mass is 16.5. The summed E-state index contributed by atoms with van der Waals surface area (Å²) in [7, 11) is 0. The first-order chi connectivity index (χ1) is 7.68. The molecule has 1 heterocycles. The Hall–Kier alpha value is -0.0800. The van der Waals surface area contributed by atoms with E-state index in [-0.39, 0.29) is 0 Å². The highest BCUT2D eigenvalue weighted by Gasteiger charge is 2.13. The van der Waals surface area contributed by atoms with Crippen LogP contribution in [0.1, 0.15) is 59.3 Å². The van der Waals surface area contributed by atoms with Crippen LogP contribution in [0.4, 0.5) is 0 Å². The smallest absolute Gasteiger partial charge is 0.0587 e. The second-order valence-electron chi connectivity index (χ2n) is 5.60. The van der Waals surface area contributed by atoms with Crippen molar-refractivity contribution in [2.75, 3.05) is 13.2 Å². The molecule has 16 heavy (non-hydrogen) atoms. The Kier molecular flexibility index (Phi) is 7.06. The molecule has 1 saturated heterocycles. The van der Waals surface area contributed by atoms with Gasteiger partial charge in [0.25, 0.3) is 0 Å². The van der Waals surface area contributed by atoms with E-state index < -0.39 is 0 Å². The van der Waals surface area contributed by atoms with Crippen LogP contribution in [0.5, 0.6) is 0 Å². The maximum absolute atomic E-state index is 5.72. The fourth-order valence-corrected chi connectivity index (χ4v) is 2.21. The Morgan fingerprint density at radius 1 is 1.19 bits per heavy atom. The fourth-order valence-electron chi connectivity index (χ4n) is 2.21. The first-order valence-corrected chi connectivity index (χ1v) is 7.03. The standard InChI is InChI=1S/C14H29NO/c1-12(2)7-8-13(3)15-10-9-14-6-4-5-11-16-14/h12-15H,4-11H2,1-3H3. The van der Waals surface area contributed by atoms with Gasteiger partial charge in [-0.1, -0.05) is 13.8 Å². The third-order valence-electron chi connectivity index (χ3n) is 3.41. The molecule has 0 aromatic carbocycles. The fraction of sp³-hybridized carbons (Fsp3) is 1.00. The molecule has 2 atom stereocenters. The van der Waals surface area contributed by atoms with Gasteiger partial charge in [-0.25, -0.2) is 0 Å². The van der Waals surface area contributed by atoms with Gasteiger partial charge in [-0.15, -0.1) is 0 Å². The van der Waals surface area contributed by atoms with Crippen molar-refractivity contribution in [2.24, 2.45) is 5.92 Å². The summed E-state index contributed by atoms with van der Waals surface area (Å²) >= 11 is 0. The average Bonchev–Trinajstić information content (AvgIpc) is 2.28. The van der Waals surface area contributed by atoms with Gasteiger partial charge in [0.2, 0.25) is 0 Å². The van der Waals surface area contributed by atoms with Crippen molar-refractivity contribution < 1.29 is 4.74 Å². The highest BCUT2D eigenvalue weighted by molar-refractivity contribution is 4.67. The lowest BCUT2D eigenvalue weighted by atomic mass is 10.0. The van der Waals surface area contributed by atoms with Gasteiger partial charge < -0.3 is 10.1 Å². The number of rotatable bonds is 7. The lowest BCUT2D eigenvalue weighted by Crippen LogP contribution is -2.31. The molecule has 0 saturated carbocycles.